The highest BCUT2D eigenvalue weighted by Gasteiger charge is 2.30. The molecule has 0 bridgehead atoms. The maximum atomic E-state index is 6.51. The fourth-order valence-corrected chi connectivity index (χ4v) is 3.43. The maximum absolute atomic E-state index is 6.51. The number of hydrogen-bond donors (Lipinski definition) is 1. The van der Waals surface area contributed by atoms with E-state index in [1.807, 2.05) is 4.68 Å². The summed E-state index contributed by atoms with van der Waals surface area (Å²) in [5, 5.41) is 5.05. The molecule has 1 aromatic heterocycles. The van der Waals surface area contributed by atoms with Crippen molar-refractivity contribution < 1.29 is 0 Å². The molecule has 0 spiro atoms. The molecule has 0 fully saturated rings. The van der Waals surface area contributed by atoms with Crippen molar-refractivity contribution in [3.63, 3.8) is 0 Å². The number of fused-ring (bicyclic) bond motifs is 1. The molecule has 3 nitrogen and oxygen atoms in total. The number of aromatic nitrogens is 2. The molecule has 3 rings (SSSR count). The molecule has 1 atom stereocenters. The predicted molar refractivity (Wildman–Crippen MR) is 81.8 cm³/mol. The Kier molecular flexibility index (Phi) is 3.81. The average Bonchev–Trinajstić information content (AvgIpc) is 3.02. The van der Waals surface area contributed by atoms with Gasteiger partial charge in [0.2, 0.25) is 0 Å². The number of nitrogens with two attached hydrogens (primary N) is 1. The summed E-state index contributed by atoms with van der Waals surface area (Å²) in [4.78, 5) is 0. The SMILES string of the molecule is CCCn1ncc(Cl)c1C(N)C1Cc2ccccc2C1. The summed E-state index contributed by atoms with van der Waals surface area (Å²) >= 11 is 6.30. The molecule has 0 saturated carbocycles. The Morgan fingerprint density at radius 1 is 1.35 bits per heavy atom. The summed E-state index contributed by atoms with van der Waals surface area (Å²) in [7, 11) is 0. The summed E-state index contributed by atoms with van der Waals surface area (Å²) in [6.07, 6.45) is 4.81. The van der Waals surface area contributed by atoms with Crippen LogP contribution in [0.25, 0.3) is 0 Å². The van der Waals surface area contributed by atoms with Gasteiger partial charge in [0.15, 0.2) is 0 Å². The predicted octanol–water partition coefficient (Wildman–Crippen LogP) is 3.36. The first-order valence-electron chi connectivity index (χ1n) is 7.24. The highest BCUT2D eigenvalue weighted by Crippen LogP contribution is 2.36. The quantitative estimate of drug-likeness (QED) is 0.938. The molecule has 0 radical (unpaired) electrons. The summed E-state index contributed by atoms with van der Waals surface area (Å²) in [5.41, 5.74) is 10.3. The van der Waals surface area contributed by atoms with Gasteiger partial charge in [-0.05, 0) is 36.3 Å². The standard InChI is InChI=1S/C16H20ClN3/c1-2-7-20-16(14(17)10-19-20)15(18)13-8-11-5-3-4-6-12(11)9-13/h3-6,10,13,15H,2,7-9,18H2,1H3. The van der Waals surface area contributed by atoms with Crippen LogP contribution in [0.15, 0.2) is 30.5 Å². The van der Waals surface area contributed by atoms with Gasteiger partial charge >= 0.3 is 0 Å². The summed E-state index contributed by atoms with van der Waals surface area (Å²) in [6, 6.07) is 8.55. The Bertz CT molecular complexity index is 581. The first-order valence-corrected chi connectivity index (χ1v) is 7.62. The first-order chi connectivity index (χ1) is 9.70. The van der Waals surface area contributed by atoms with Crippen molar-refractivity contribution in [2.45, 2.75) is 38.8 Å². The molecule has 0 amide bonds. The largest absolute Gasteiger partial charge is 0.322 e. The van der Waals surface area contributed by atoms with Gasteiger partial charge in [0.1, 0.15) is 0 Å². The maximum Gasteiger partial charge on any atom is 0.0834 e. The summed E-state index contributed by atoms with van der Waals surface area (Å²) < 4.78 is 1.97. The fraction of sp³-hybridized carbons (Fsp3) is 0.438. The van der Waals surface area contributed by atoms with Crippen molar-refractivity contribution in [1.29, 1.82) is 0 Å². The third kappa shape index (κ3) is 2.36. The van der Waals surface area contributed by atoms with Crippen LogP contribution in [0.2, 0.25) is 5.02 Å². The molecule has 0 saturated heterocycles. The highest BCUT2D eigenvalue weighted by atomic mass is 35.5. The number of nitrogens with zero attached hydrogens (tertiary/aromatic N) is 2. The Morgan fingerprint density at radius 3 is 2.60 bits per heavy atom. The molecule has 20 heavy (non-hydrogen) atoms. The van der Waals surface area contributed by atoms with Crippen LogP contribution in [-0.4, -0.2) is 9.78 Å². The van der Waals surface area contributed by atoms with Gasteiger partial charge < -0.3 is 5.73 Å². The molecular formula is C16H20ClN3. The molecule has 1 aliphatic carbocycles. The lowest BCUT2D eigenvalue weighted by atomic mass is 9.94. The van der Waals surface area contributed by atoms with Crippen LogP contribution in [0.4, 0.5) is 0 Å². The first kappa shape index (κ1) is 13.7. The summed E-state index contributed by atoms with van der Waals surface area (Å²) in [6.45, 7) is 3.01. The molecular weight excluding hydrogens is 270 g/mol. The van der Waals surface area contributed by atoms with E-state index in [1.54, 1.807) is 6.20 Å². The molecule has 1 unspecified atom stereocenters. The van der Waals surface area contributed by atoms with E-state index in [2.05, 4.69) is 36.3 Å². The number of benzene rings is 1. The van der Waals surface area contributed by atoms with E-state index < -0.39 is 0 Å². The smallest absolute Gasteiger partial charge is 0.0834 e. The Morgan fingerprint density at radius 2 is 2.00 bits per heavy atom. The number of halogens is 1. The minimum Gasteiger partial charge on any atom is -0.322 e. The highest BCUT2D eigenvalue weighted by molar-refractivity contribution is 6.31. The Labute approximate surface area is 124 Å². The molecule has 2 N–H and O–H groups in total. The van der Waals surface area contributed by atoms with Crippen LogP contribution in [0, 0.1) is 5.92 Å². The minimum absolute atomic E-state index is 0.0519. The molecule has 2 aromatic rings. The molecule has 106 valence electrons. The van der Waals surface area contributed by atoms with Crippen LogP contribution >= 0.6 is 11.6 Å². The third-order valence-corrected chi connectivity index (χ3v) is 4.47. The van der Waals surface area contributed by atoms with Crippen LogP contribution in [0.5, 0.6) is 0 Å². The monoisotopic (exact) mass is 289 g/mol. The molecule has 1 heterocycles. The van der Waals surface area contributed by atoms with E-state index in [-0.39, 0.29) is 6.04 Å². The van der Waals surface area contributed by atoms with E-state index in [9.17, 15) is 0 Å². The second-order valence-corrected chi connectivity index (χ2v) is 5.97. The third-order valence-electron chi connectivity index (χ3n) is 4.17. The zero-order valence-electron chi connectivity index (χ0n) is 11.7. The van der Waals surface area contributed by atoms with Gasteiger partial charge in [0.25, 0.3) is 0 Å². The van der Waals surface area contributed by atoms with Gasteiger partial charge in [-0.15, -0.1) is 0 Å². The second-order valence-electron chi connectivity index (χ2n) is 5.56. The van der Waals surface area contributed by atoms with Gasteiger partial charge in [-0.25, -0.2) is 0 Å². The normalized spacial score (nSPS) is 16.4. The van der Waals surface area contributed by atoms with Crippen molar-refractivity contribution >= 4 is 11.6 Å². The lowest BCUT2D eigenvalue weighted by molar-refractivity contribution is 0.417. The lowest BCUT2D eigenvalue weighted by Gasteiger charge is -2.20. The van der Waals surface area contributed by atoms with Crippen molar-refractivity contribution in [2.24, 2.45) is 11.7 Å². The van der Waals surface area contributed by atoms with Gasteiger partial charge in [-0.3, -0.25) is 4.68 Å². The van der Waals surface area contributed by atoms with Crippen LogP contribution in [0.1, 0.15) is 36.2 Å². The van der Waals surface area contributed by atoms with Crippen molar-refractivity contribution in [1.82, 2.24) is 9.78 Å². The van der Waals surface area contributed by atoms with Crippen molar-refractivity contribution in [3.8, 4) is 0 Å². The zero-order chi connectivity index (χ0) is 14.1. The van der Waals surface area contributed by atoms with E-state index in [0.717, 1.165) is 31.5 Å². The number of hydrogen-bond acceptors (Lipinski definition) is 2. The Hall–Kier alpha value is -1.32. The summed E-state index contributed by atoms with van der Waals surface area (Å²) in [5.74, 6) is 0.414. The lowest BCUT2D eigenvalue weighted by Crippen LogP contribution is -2.25. The molecule has 1 aromatic carbocycles. The number of rotatable bonds is 4. The van der Waals surface area contributed by atoms with E-state index in [1.165, 1.54) is 11.1 Å². The van der Waals surface area contributed by atoms with Gasteiger partial charge in [0.05, 0.1) is 23.0 Å². The van der Waals surface area contributed by atoms with Crippen molar-refractivity contribution in [2.75, 3.05) is 0 Å². The second kappa shape index (κ2) is 5.58. The number of aryl methyl sites for hydroxylation is 1. The fourth-order valence-electron chi connectivity index (χ4n) is 3.16. The van der Waals surface area contributed by atoms with Gasteiger partial charge in [0, 0.05) is 6.54 Å². The molecule has 0 aliphatic heterocycles. The van der Waals surface area contributed by atoms with Crippen LogP contribution in [0.3, 0.4) is 0 Å². The molecule has 1 aliphatic rings. The minimum atomic E-state index is -0.0519. The van der Waals surface area contributed by atoms with Gasteiger partial charge in [-0.2, -0.15) is 5.10 Å². The van der Waals surface area contributed by atoms with E-state index >= 15 is 0 Å². The van der Waals surface area contributed by atoms with Crippen molar-refractivity contribution in [3.05, 3.63) is 52.3 Å². The zero-order valence-corrected chi connectivity index (χ0v) is 12.5. The van der Waals surface area contributed by atoms with Crippen LogP contribution < -0.4 is 5.73 Å². The average molecular weight is 290 g/mol. The van der Waals surface area contributed by atoms with E-state index in [0.29, 0.717) is 10.9 Å². The van der Waals surface area contributed by atoms with E-state index in [4.69, 9.17) is 17.3 Å². The Balaban J connectivity index is 1.84. The van der Waals surface area contributed by atoms with Gasteiger partial charge in [-0.1, -0.05) is 42.8 Å². The van der Waals surface area contributed by atoms with Crippen LogP contribution in [-0.2, 0) is 19.4 Å². The topological polar surface area (TPSA) is 43.8 Å². The molecule has 4 heteroatoms.